The van der Waals surface area contributed by atoms with Crippen LogP contribution < -0.4 is 10.2 Å². The van der Waals surface area contributed by atoms with Crippen LogP contribution in [0, 0.1) is 0 Å². The maximum Gasteiger partial charge on any atom is 0.340 e. The predicted molar refractivity (Wildman–Crippen MR) is 134 cm³/mol. The van der Waals surface area contributed by atoms with Gasteiger partial charge in [0.1, 0.15) is 0 Å². The second kappa shape index (κ2) is 10.8. The van der Waals surface area contributed by atoms with Gasteiger partial charge in [0, 0.05) is 27.2 Å². The van der Waals surface area contributed by atoms with E-state index >= 15 is 0 Å². The van der Waals surface area contributed by atoms with Gasteiger partial charge in [-0.25, -0.2) is 17.5 Å². The molecule has 2 aromatic carbocycles. The van der Waals surface area contributed by atoms with Crippen molar-refractivity contribution in [1.29, 1.82) is 0 Å². The van der Waals surface area contributed by atoms with Crippen LogP contribution >= 0.6 is 0 Å². The van der Waals surface area contributed by atoms with Crippen LogP contribution in [-0.4, -0.2) is 58.4 Å². The van der Waals surface area contributed by atoms with Gasteiger partial charge < -0.3 is 15.0 Å². The van der Waals surface area contributed by atoms with Crippen LogP contribution in [0.4, 0.5) is 5.69 Å². The lowest BCUT2D eigenvalue weighted by Gasteiger charge is -2.30. The Labute approximate surface area is 207 Å². The molecule has 0 aromatic heterocycles. The fourth-order valence-corrected chi connectivity index (χ4v) is 5.74. The van der Waals surface area contributed by atoms with Crippen molar-refractivity contribution in [2.24, 2.45) is 0 Å². The average molecular weight is 500 g/mol. The van der Waals surface area contributed by atoms with Gasteiger partial charge in [-0.15, -0.1) is 0 Å². The Morgan fingerprint density at radius 2 is 1.80 bits per heavy atom. The summed E-state index contributed by atoms with van der Waals surface area (Å²) < 4.78 is 31.9. The largest absolute Gasteiger partial charge is 0.452 e. The highest BCUT2D eigenvalue weighted by molar-refractivity contribution is 7.89. The average Bonchev–Trinajstić information content (AvgIpc) is 2.87. The standard InChI is InChI=1S/C26H33N3O5S/c1-28(2)35(32,33)20-13-14-24(29-15-6-3-7-16-29)22(17-20)26(31)34-18-25(30)27-23-12-8-10-19-9-4-5-11-21(19)23/h4-5,9,11,13-14,17,23H,3,6-8,10,12,15-16,18H2,1-2H3,(H,27,30). The minimum atomic E-state index is -3.73. The molecular formula is C26H33N3O5S. The zero-order chi connectivity index (χ0) is 25.0. The first-order valence-corrected chi connectivity index (χ1v) is 13.6. The third-order valence-corrected chi connectivity index (χ3v) is 8.51. The number of esters is 1. The van der Waals surface area contributed by atoms with Crippen LogP contribution in [0.2, 0.25) is 0 Å². The van der Waals surface area contributed by atoms with E-state index in [0.717, 1.165) is 61.5 Å². The van der Waals surface area contributed by atoms with Crippen molar-refractivity contribution in [3.63, 3.8) is 0 Å². The molecule has 0 spiro atoms. The molecule has 35 heavy (non-hydrogen) atoms. The van der Waals surface area contributed by atoms with E-state index < -0.39 is 22.6 Å². The molecule has 1 saturated heterocycles. The maximum atomic E-state index is 13.1. The van der Waals surface area contributed by atoms with Gasteiger partial charge in [0.2, 0.25) is 10.0 Å². The number of hydrogen-bond donors (Lipinski definition) is 1. The van der Waals surface area contributed by atoms with Gasteiger partial charge in [-0.3, -0.25) is 4.79 Å². The molecular weight excluding hydrogens is 466 g/mol. The third kappa shape index (κ3) is 5.67. The molecule has 9 heteroatoms. The van der Waals surface area contributed by atoms with E-state index in [-0.39, 0.29) is 22.4 Å². The first-order chi connectivity index (χ1) is 16.8. The highest BCUT2D eigenvalue weighted by Crippen LogP contribution is 2.30. The number of aryl methyl sites for hydroxylation is 1. The summed E-state index contributed by atoms with van der Waals surface area (Å²) in [6.45, 7) is 1.13. The summed E-state index contributed by atoms with van der Waals surface area (Å²) in [6.07, 6.45) is 5.92. The highest BCUT2D eigenvalue weighted by Gasteiger charge is 2.26. The number of ether oxygens (including phenoxy) is 1. The second-order valence-electron chi connectivity index (χ2n) is 9.30. The van der Waals surface area contributed by atoms with Crippen LogP contribution in [-0.2, 0) is 26.0 Å². The van der Waals surface area contributed by atoms with Crippen LogP contribution in [0.25, 0.3) is 0 Å². The molecule has 0 saturated carbocycles. The Kier molecular flexibility index (Phi) is 7.76. The van der Waals surface area contributed by atoms with Crippen LogP contribution in [0.5, 0.6) is 0 Å². The molecule has 188 valence electrons. The molecule has 1 atom stereocenters. The molecule has 1 amide bonds. The summed E-state index contributed by atoms with van der Waals surface area (Å²) in [5, 5.41) is 2.98. The monoisotopic (exact) mass is 499 g/mol. The van der Waals surface area contributed by atoms with E-state index in [1.54, 1.807) is 6.07 Å². The molecule has 8 nitrogen and oxygen atoms in total. The number of piperidine rings is 1. The van der Waals surface area contributed by atoms with Crippen molar-refractivity contribution >= 4 is 27.6 Å². The lowest BCUT2D eigenvalue weighted by atomic mass is 9.88. The Hall–Kier alpha value is -2.91. The number of nitrogens with zero attached hydrogens (tertiary/aromatic N) is 2. The van der Waals surface area contributed by atoms with Crippen molar-refractivity contribution in [2.45, 2.75) is 49.5 Å². The first kappa shape index (κ1) is 25.2. The second-order valence-corrected chi connectivity index (χ2v) is 11.5. The van der Waals surface area contributed by atoms with Crippen molar-refractivity contribution in [3.05, 3.63) is 59.2 Å². The molecule has 1 aliphatic carbocycles. The topological polar surface area (TPSA) is 96.0 Å². The van der Waals surface area contributed by atoms with E-state index in [0.29, 0.717) is 5.69 Å². The van der Waals surface area contributed by atoms with Gasteiger partial charge in [-0.05, 0) is 67.9 Å². The lowest BCUT2D eigenvalue weighted by molar-refractivity contribution is -0.125. The highest BCUT2D eigenvalue weighted by atomic mass is 32.2. The summed E-state index contributed by atoms with van der Waals surface area (Å²) in [7, 11) is -0.843. The Balaban J connectivity index is 1.50. The van der Waals surface area contributed by atoms with E-state index in [9.17, 15) is 18.0 Å². The molecule has 4 rings (SSSR count). The maximum absolute atomic E-state index is 13.1. The molecule has 0 radical (unpaired) electrons. The zero-order valence-electron chi connectivity index (χ0n) is 20.3. The van der Waals surface area contributed by atoms with Crippen LogP contribution in [0.15, 0.2) is 47.4 Å². The van der Waals surface area contributed by atoms with Gasteiger partial charge in [0.05, 0.1) is 22.2 Å². The summed E-state index contributed by atoms with van der Waals surface area (Å²) in [6, 6.07) is 12.5. The Morgan fingerprint density at radius 3 is 2.54 bits per heavy atom. The molecule has 1 N–H and O–H groups in total. The molecule has 2 aromatic rings. The molecule has 1 fully saturated rings. The number of benzene rings is 2. The molecule has 1 aliphatic heterocycles. The number of hydrogen-bond acceptors (Lipinski definition) is 6. The van der Waals surface area contributed by atoms with E-state index in [1.807, 2.05) is 18.2 Å². The van der Waals surface area contributed by atoms with E-state index in [2.05, 4.69) is 16.3 Å². The zero-order valence-corrected chi connectivity index (χ0v) is 21.1. The van der Waals surface area contributed by atoms with Crippen molar-refractivity contribution < 1.29 is 22.7 Å². The number of rotatable bonds is 7. The van der Waals surface area contributed by atoms with Crippen LogP contribution in [0.3, 0.4) is 0 Å². The number of sulfonamides is 1. The van der Waals surface area contributed by atoms with Crippen molar-refractivity contribution in [1.82, 2.24) is 9.62 Å². The van der Waals surface area contributed by atoms with Gasteiger partial charge in [0.25, 0.3) is 5.91 Å². The summed E-state index contributed by atoms with van der Waals surface area (Å²) in [5.41, 5.74) is 3.12. The Bertz CT molecular complexity index is 1190. The molecule has 1 unspecified atom stereocenters. The number of carbonyl (C=O) groups is 2. The van der Waals surface area contributed by atoms with Crippen molar-refractivity contribution in [3.8, 4) is 0 Å². The first-order valence-electron chi connectivity index (χ1n) is 12.1. The smallest absolute Gasteiger partial charge is 0.340 e. The molecule has 1 heterocycles. The number of carbonyl (C=O) groups excluding carboxylic acids is 2. The van der Waals surface area contributed by atoms with E-state index in [4.69, 9.17) is 4.74 Å². The molecule has 2 aliphatic rings. The predicted octanol–water partition coefficient (Wildman–Crippen LogP) is 3.28. The fraction of sp³-hybridized carbons (Fsp3) is 0.462. The normalized spacial score (nSPS) is 18.1. The van der Waals surface area contributed by atoms with Gasteiger partial charge >= 0.3 is 5.97 Å². The minimum Gasteiger partial charge on any atom is -0.452 e. The van der Waals surface area contributed by atoms with E-state index in [1.165, 1.54) is 31.8 Å². The number of nitrogens with one attached hydrogen (secondary N) is 1. The number of fused-ring (bicyclic) bond motifs is 1. The van der Waals surface area contributed by atoms with Gasteiger partial charge in [-0.1, -0.05) is 24.3 Å². The third-order valence-electron chi connectivity index (χ3n) is 6.70. The lowest BCUT2D eigenvalue weighted by Crippen LogP contribution is -2.35. The SMILES string of the molecule is CN(C)S(=O)(=O)c1ccc(N2CCCCC2)c(C(=O)OCC(=O)NC2CCCc3ccccc32)c1. The number of anilines is 1. The van der Waals surface area contributed by atoms with Gasteiger partial charge in [0.15, 0.2) is 6.61 Å². The Morgan fingerprint density at radius 1 is 1.06 bits per heavy atom. The minimum absolute atomic E-state index is 0.0125. The summed E-state index contributed by atoms with van der Waals surface area (Å²) in [4.78, 5) is 27.9. The summed E-state index contributed by atoms with van der Waals surface area (Å²) >= 11 is 0. The van der Waals surface area contributed by atoms with Crippen LogP contribution in [0.1, 0.15) is 59.6 Å². The van der Waals surface area contributed by atoms with Gasteiger partial charge in [-0.2, -0.15) is 0 Å². The summed E-state index contributed by atoms with van der Waals surface area (Å²) in [5.74, 6) is -1.09. The molecule has 0 bridgehead atoms. The quantitative estimate of drug-likeness (QED) is 0.588. The fourth-order valence-electron chi connectivity index (χ4n) is 4.81. The van der Waals surface area contributed by atoms with Crippen molar-refractivity contribution in [2.75, 3.05) is 38.7 Å². The number of amides is 1.